The molecule has 5 heteroatoms. The van der Waals surface area contributed by atoms with Crippen LogP contribution in [0, 0.1) is 5.92 Å². The molecule has 2 atom stereocenters. The molecule has 1 N–H and O–H groups in total. The standard InChI is InChI=1S/C12H15Cl2N3/c13-10-5-9(7-16-12(10)14)17-3-1-8-6-15-11(8)2-4-17/h5,7-8,11,15H,1-4,6H2/t8-,11-/m1/s1. The molecule has 1 aromatic rings. The second-order valence-electron chi connectivity index (χ2n) is 4.81. The van der Waals surface area contributed by atoms with Gasteiger partial charge in [-0.1, -0.05) is 23.2 Å². The van der Waals surface area contributed by atoms with E-state index in [-0.39, 0.29) is 0 Å². The minimum atomic E-state index is 0.381. The number of nitrogens with one attached hydrogen (secondary N) is 1. The number of hydrogen-bond donors (Lipinski definition) is 1. The number of pyridine rings is 1. The van der Waals surface area contributed by atoms with Gasteiger partial charge in [0.05, 0.1) is 16.9 Å². The molecule has 92 valence electrons. The Bertz CT molecular complexity index is 410. The molecular formula is C12H15Cl2N3. The average molecular weight is 272 g/mol. The van der Waals surface area contributed by atoms with E-state index < -0.39 is 0 Å². The smallest absolute Gasteiger partial charge is 0.147 e. The van der Waals surface area contributed by atoms with E-state index in [0.717, 1.165) is 30.7 Å². The SMILES string of the molecule is Clc1cc(N2CC[C@@H]3CN[C@@H]3CC2)cnc1Cl. The third-order valence-corrected chi connectivity index (χ3v) is 4.52. The van der Waals surface area contributed by atoms with Crippen LogP contribution in [-0.2, 0) is 0 Å². The summed E-state index contributed by atoms with van der Waals surface area (Å²) in [4.78, 5) is 6.47. The molecule has 1 aromatic heterocycles. The maximum absolute atomic E-state index is 6.01. The van der Waals surface area contributed by atoms with Gasteiger partial charge in [0.25, 0.3) is 0 Å². The Kier molecular flexibility index (Phi) is 3.16. The van der Waals surface area contributed by atoms with Crippen LogP contribution in [-0.4, -0.2) is 30.7 Å². The quantitative estimate of drug-likeness (QED) is 0.796. The van der Waals surface area contributed by atoms with Gasteiger partial charge in [0.1, 0.15) is 5.15 Å². The molecule has 17 heavy (non-hydrogen) atoms. The zero-order chi connectivity index (χ0) is 11.8. The van der Waals surface area contributed by atoms with Crippen LogP contribution in [0.2, 0.25) is 10.2 Å². The van der Waals surface area contributed by atoms with E-state index in [0.29, 0.717) is 10.2 Å². The summed E-state index contributed by atoms with van der Waals surface area (Å²) in [5.74, 6) is 0.857. The van der Waals surface area contributed by atoms with Crippen molar-refractivity contribution in [3.63, 3.8) is 0 Å². The largest absolute Gasteiger partial charge is 0.370 e. The highest BCUT2D eigenvalue weighted by molar-refractivity contribution is 6.41. The van der Waals surface area contributed by atoms with Gasteiger partial charge in [-0.05, 0) is 31.4 Å². The van der Waals surface area contributed by atoms with Crippen molar-refractivity contribution >= 4 is 28.9 Å². The van der Waals surface area contributed by atoms with Gasteiger partial charge < -0.3 is 10.2 Å². The fourth-order valence-electron chi connectivity index (χ4n) is 2.66. The van der Waals surface area contributed by atoms with Crippen LogP contribution >= 0.6 is 23.2 Å². The number of nitrogens with zero attached hydrogens (tertiary/aromatic N) is 2. The lowest BCUT2D eigenvalue weighted by Gasteiger charge is -2.36. The summed E-state index contributed by atoms with van der Waals surface area (Å²) in [5, 5.41) is 4.41. The summed E-state index contributed by atoms with van der Waals surface area (Å²) in [7, 11) is 0. The summed E-state index contributed by atoms with van der Waals surface area (Å²) in [6, 6.07) is 2.63. The topological polar surface area (TPSA) is 28.2 Å². The molecule has 0 spiro atoms. The first-order valence-electron chi connectivity index (χ1n) is 6.03. The normalized spacial score (nSPS) is 28.2. The lowest BCUT2D eigenvalue weighted by Crippen LogP contribution is -2.52. The Morgan fingerprint density at radius 3 is 2.82 bits per heavy atom. The number of anilines is 1. The Labute approximate surface area is 111 Å². The van der Waals surface area contributed by atoms with Crippen LogP contribution in [0.15, 0.2) is 12.3 Å². The van der Waals surface area contributed by atoms with Crippen LogP contribution in [0.1, 0.15) is 12.8 Å². The van der Waals surface area contributed by atoms with Crippen LogP contribution in [0.3, 0.4) is 0 Å². The minimum absolute atomic E-state index is 0.381. The first-order chi connectivity index (χ1) is 8.24. The monoisotopic (exact) mass is 271 g/mol. The molecule has 0 saturated carbocycles. The van der Waals surface area contributed by atoms with Crippen molar-refractivity contribution in [2.24, 2.45) is 5.92 Å². The van der Waals surface area contributed by atoms with Gasteiger partial charge in [0.15, 0.2) is 0 Å². The van der Waals surface area contributed by atoms with Crippen molar-refractivity contribution in [1.82, 2.24) is 10.3 Å². The molecule has 2 aliphatic heterocycles. The van der Waals surface area contributed by atoms with Gasteiger partial charge in [-0.25, -0.2) is 4.98 Å². The summed E-state index contributed by atoms with van der Waals surface area (Å²) < 4.78 is 0. The molecule has 3 nitrogen and oxygen atoms in total. The van der Waals surface area contributed by atoms with Gasteiger partial charge in [-0.15, -0.1) is 0 Å². The third kappa shape index (κ3) is 2.24. The van der Waals surface area contributed by atoms with Crippen LogP contribution in [0.4, 0.5) is 5.69 Å². The van der Waals surface area contributed by atoms with E-state index in [1.807, 2.05) is 12.3 Å². The fourth-order valence-corrected chi connectivity index (χ4v) is 2.93. The predicted octanol–water partition coefficient (Wildman–Crippen LogP) is 2.58. The molecule has 0 bridgehead atoms. The Balaban J connectivity index is 1.76. The van der Waals surface area contributed by atoms with Crippen LogP contribution in [0.25, 0.3) is 0 Å². The lowest BCUT2D eigenvalue weighted by molar-refractivity contribution is 0.226. The number of fused-ring (bicyclic) bond motifs is 1. The van der Waals surface area contributed by atoms with Gasteiger partial charge in [-0.2, -0.15) is 0 Å². The van der Waals surface area contributed by atoms with Crippen molar-refractivity contribution in [2.45, 2.75) is 18.9 Å². The maximum Gasteiger partial charge on any atom is 0.147 e. The molecule has 0 radical (unpaired) electrons. The van der Waals surface area contributed by atoms with E-state index in [4.69, 9.17) is 23.2 Å². The van der Waals surface area contributed by atoms with Crippen molar-refractivity contribution in [3.8, 4) is 0 Å². The highest BCUT2D eigenvalue weighted by Gasteiger charge is 2.32. The molecule has 0 amide bonds. The second kappa shape index (κ2) is 4.63. The van der Waals surface area contributed by atoms with Crippen LogP contribution < -0.4 is 10.2 Å². The zero-order valence-electron chi connectivity index (χ0n) is 9.50. The van der Waals surface area contributed by atoms with Gasteiger partial charge in [-0.3, -0.25) is 0 Å². The average Bonchev–Trinajstić information content (AvgIpc) is 2.42. The minimum Gasteiger partial charge on any atom is -0.370 e. The van der Waals surface area contributed by atoms with Crippen molar-refractivity contribution in [2.75, 3.05) is 24.5 Å². The molecule has 3 rings (SSSR count). The van der Waals surface area contributed by atoms with Crippen molar-refractivity contribution < 1.29 is 0 Å². The summed E-state index contributed by atoms with van der Waals surface area (Å²) >= 11 is 11.8. The first kappa shape index (κ1) is 11.6. The molecule has 0 aromatic carbocycles. The Morgan fingerprint density at radius 1 is 1.29 bits per heavy atom. The second-order valence-corrected chi connectivity index (χ2v) is 5.57. The zero-order valence-corrected chi connectivity index (χ0v) is 11.0. The number of halogens is 2. The van der Waals surface area contributed by atoms with Crippen molar-refractivity contribution in [1.29, 1.82) is 0 Å². The summed E-state index contributed by atoms with van der Waals surface area (Å²) in [5.41, 5.74) is 1.08. The molecule has 2 saturated heterocycles. The highest BCUT2D eigenvalue weighted by atomic mass is 35.5. The Hall–Kier alpha value is -0.510. The van der Waals surface area contributed by atoms with E-state index in [1.54, 1.807) is 0 Å². The maximum atomic E-state index is 6.01. The number of hydrogen-bond acceptors (Lipinski definition) is 3. The van der Waals surface area contributed by atoms with E-state index in [9.17, 15) is 0 Å². The molecule has 0 aliphatic carbocycles. The fraction of sp³-hybridized carbons (Fsp3) is 0.583. The molecule has 2 fully saturated rings. The van der Waals surface area contributed by atoms with Crippen LogP contribution in [0.5, 0.6) is 0 Å². The molecule has 2 aliphatic rings. The first-order valence-corrected chi connectivity index (χ1v) is 6.79. The highest BCUT2D eigenvalue weighted by Crippen LogP contribution is 2.29. The molecule has 3 heterocycles. The molecule has 0 unspecified atom stereocenters. The summed E-state index contributed by atoms with van der Waals surface area (Å²) in [6.45, 7) is 3.33. The summed E-state index contributed by atoms with van der Waals surface area (Å²) in [6.07, 6.45) is 4.26. The number of rotatable bonds is 1. The van der Waals surface area contributed by atoms with Gasteiger partial charge in [0.2, 0.25) is 0 Å². The lowest BCUT2D eigenvalue weighted by atomic mass is 9.88. The van der Waals surface area contributed by atoms with Crippen molar-refractivity contribution in [3.05, 3.63) is 22.4 Å². The van der Waals surface area contributed by atoms with Gasteiger partial charge >= 0.3 is 0 Å². The van der Waals surface area contributed by atoms with E-state index in [1.165, 1.54) is 19.4 Å². The Morgan fingerprint density at radius 2 is 2.12 bits per heavy atom. The third-order valence-electron chi connectivity index (χ3n) is 3.84. The van der Waals surface area contributed by atoms with E-state index in [2.05, 4.69) is 15.2 Å². The number of aromatic nitrogens is 1. The molecular weight excluding hydrogens is 257 g/mol. The van der Waals surface area contributed by atoms with Gasteiger partial charge in [0, 0.05) is 19.1 Å². The predicted molar refractivity (Wildman–Crippen MR) is 71.0 cm³/mol. The van der Waals surface area contributed by atoms with E-state index >= 15 is 0 Å².